The molecule has 1 saturated heterocycles. The number of benzene rings is 1. The van der Waals surface area contributed by atoms with Crippen LogP contribution < -0.4 is 16.6 Å². The number of nitrogens with one attached hydrogen (secondary N) is 2. The molecule has 3 N–H and O–H groups in total. The highest BCUT2D eigenvalue weighted by Crippen LogP contribution is 2.27. The molecule has 1 unspecified atom stereocenters. The van der Waals surface area contributed by atoms with Crippen LogP contribution in [0.3, 0.4) is 0 Å². The summed E-state index contributed by atoms with van der Waals surface area (Å²) < 4.78 is 7.08. The van der Waals surface area contributed by atoms with E-state index < -0.39 is 29.7 Å². The molecule has 1 aliphatic rings. The van der Waals surface area contributed by atoms with E-state index in [1.54, 1.807) is 0 Å². The average Bonchev–Trinajstić information content (AvgIpc) is 3.07. The second-order valence-corrected chi connectivity index (χ2v) is 7.25. The van der Waals surface area contributed by atoms with Crippen LogP contribution in [0, 0.1) is 0 Å². The topological polar surface area (TPSA) is 113 Å². The van der Waals surface area contributed by atoms with Gasteiger partial charge in [0.1, 0.15) is 12.3 Å². The molecule has 1 aromatic carbocycles. The number of carbonyl (C=O) groups is 1. The van der Waals surface area contributed by atoms with Gasteiger partial charge in [-0.3, -0.25) is 19.1 Å². The summed E-state index contributed by atoms with van der Waals surface area (Å²) >= 11 is 0. The zero-order chi connectivity index (χ0) is 20.8. The van der Waals surface area contributed by atoms with E-state index in [4.69, 9.17) is 4.74 Å². The minimum atomic E-state index is -0.812. The number of aliphatic hydroxyl groups excluding tert-OH is 1. The normalized spacial score (nSPS) is 21.2. The lowest BCUT2D eigenvalue weighted by atomic mass is 10.1. The summed E-state index contributed by atoms with van der Waals surface area (Å²) in [5.74, 6) is -0.102. The van der Waals surface area contributed by atoms with Gasteiger partial charge in [0, 0.05) is 31.1 Å². The molecule has 1 fully saturated rings. The quantitative estimate of drug-likeness (QED) is 0.608. The van der Waals surface area contributed by atoms with Crippen LogP contribution in [0.2, 0.25) is 0 Å². The predicted molar refractivity (Wildman–Crippen MR) is 108 cm³/mol. The number of aromatic nitrogens is 2. The van der Waals surface area contributed by atoms with Crippen LogP contribution in [0.4, 0.5) is 0 Å². The average molecular weight is 401 g/mol. The van der Waals surface area contributed by atoms with Gasteiger partial charge in [0.15, 0.2) is 0 Å². The number of rotatable bonds is 8. The Kier molecular flexibility index (Phi) is 7.00. The van der Waals surface area contributed by atoms with Crippen molar-refractivity contribution in [3.8, 4) is 0 Å². The maximum atomic E-state index is 12.1. The van der Waals surface area contributed by atoms with Crippen LogP contribution in [0.25, 0.3) is 0 Å². The molecule has 3 atom stereocenters. The van der Waals surface area contributed by atoms with E-state index in [9.17, 15) is 19.5 Å². The van der Waals surface area contributed by atoms with Crippen molar-refractivity contribution in [1.29, 1.82) is 0 Å². The molecule has 0 bridgehead atoms. The highest BCUT2D eigenvalue weighted by Gasteiger charge is 2.35. The first-order valence-electron chi connectivity index (χ1n) is 9.96. The minimum Gasteiger partial charge on any atom is -0.390 e. The fraction of sp³-hybridized carbons (Fsp3) is 0.476. The van der Waals surface area contributed by atoms with Crippen LogP contribution in [0.15, 0.2) is 46.1 Å². The number of aliphatic hydroxyl groups is 1. The highest BCUT2D eigenvalue weighted by molar-refractivity contribution is 5.75. The molecular formula is C21H27N3O5. The lowest BCUT2D eigenvalue weighted by molar-refractivity contribution is -0.122. The van der Waals surface area contributed by atoms with E-state index in [1.807, 2.05) is 37.3 Å². The number of amides is 1. The Bertz CT molecular complexity index is 937. The van der Waals surface area contributed by atoms with Crippen molar-refractivity contribution in [2.75, 3.05) is 6.54 Å². The monoisotopic (exact) mass is 401 g/mol. The molecule has 0 aliphatic carbocycles. The number of aromatic amines is 1. The van der Waals surface area contributed by atoms with E-state index in [0.29, 0.717) is 18.4 Å². The third-order valence-corrected chi connectivity index (χ3v) is 5.15. The van der Waals surface area contributed by atoms with Gasteiger partial charge in [-0.1, -0.05) is 37.3 Å². The largest absolute Gasteiger partial charge is 0.390 e. The van der Waals surface area contributed by atoms with Gasteiger partial charge < -0.3 is 15.2 Å². The lowest BCUT2D eigenvalue weighted by Crippen LogP contribution is -2.37. The zero-order valence-corrected chi connectivity index (χ0v) is 16.5. The first kappa shape index (κ1) is 21.0. The number of hydrogen-bond acceptors (Lipinski definition) is 5. The molecule has 2 aromatic rings. The molecule has 0 spiro atoms. The van der Waals surface area contributed by atoms with Gasteiger partial charge in [0.25, 0.3) is 5.56 Å². The molecule has 8 heteroatoms. The smallest absolute Gasteiger partial charge is 0.330 e. The fourth-order valence-electron chi connectivity index (χ4n) is 3.46. The number of carbonyl (C=O) groups excluding carboxylic acids is 1. The molecular weight excluding hydrogens is 374 g/mol. The number of H-pyrrole nitrogens is 1. The van der Waals surface area contributed by atoms with Crippen molar-refractivity contribution in [3.05, 3.63) is 68.5 Å². The van der Waals surface area contributed by atoms with Crippen LogP contribution in [0.5, 0.6) is 0 Å². The van der Waals surface area contributed by atoms with Crippen molar-refractivity contribution in [2.24, 2.45) is 0 Å². The Morgan fingerprint density at radius 3 is 2.79 bits per heavy atom. The summed E-state index contributed by atoms with van der Waals surface area (Å²) in [5.41, 5.74) is 0.676. The van der Waals surface area contributed by atoms with Gasteiger partial charge in [-0.2, -0.15) is 0 Å². The maximum Gasteiger partial charge on any atom is 0.330 e. The Balaban J connectivity index is 1.49. The highest BCUT2D eigenvalue weighted by atomic mass is 16.5. The molecule has 2 heterocycles. The second-order valence-electron chi connectivity index (χ2n) is 7.25. The Hall–Kier alpha value is -2.71. The summed E-state index contributed by atoms with van der Waals surface area (Å²) in [6, 6.07) is 9.97. The predicted octanol–water partition coefficient (Wildman–Crippen LogP) is 0.886. The zero-order valence-electron chi connectivity index (χ0n) is 16.5. The van der Waals surface area contributed by atoms with E-state index in [2.05, 4.69) is 10.3 Å². The van der Waals surface area contributed by atoms with Crippen molar-refractivity contribution in [1.82, 2.24) is 14.9 Å². The van der Waals surface area contributed by atoms with E-state index in [1.165, 1.54) is 16.3 Å². The summed E-state index contributed by atoms with van der Waals surface area (Å²) in [4.78, 5) is 38.2. The third-order valence-electron chi connectivity index (χ3n) is 5.15. The van der Waals surface area contributed by atoms with Crippen LogP contribution in [-0.4, -0.2) is 39.3 Å². The van der Waals surface area contributed by atoms with Gasteiger partial charge >= 0.3 is 5.69 Å². The van der Waals surface area contributed by atoms with Gasteiger partial charge in [-0.05, 0) is 24.8 Å². The van der Waals surface area contributed by atoms with Crippen molar-refractivity contribution in [2.45, 2.75) is 57.5 Å². The fourth-order valence-corrected chi connectivity index (χ4v) is 3.46. The van der Waals surface area contributed by atoms with Gasteiger partial charge in [-0.15, -0.1) is 0 Å². The van der Waals surface area contributed by atoms with Crippen LogP contribution in [0.1, 0.15) is 43.5 Å². The molecule has 1 aromatic heterocycles. The van der Waals surface area contributed by atoms with Crippen molar-refractivity contribution >= 4 is 5.91 Å². The van der Waals surface area contributed by atoms with E-state index >= 15 is 0 Å². The first-order valence-corrected chi connectivity index (χ1v) is 9.96. The van der Waals surface area contributed by atoms with Crippen LogP contribution >= 0.6 is 0 Å². The number of hydrogen-bond donors (Lipinski definition) is 3. The number of ether oxygens (including phenoxy) is 1. The summed E-state index contributed by atoms with van der Waals surface area (Å²) in [6.45, 7) is 1.99. The van der Waals surface area contributed by atoms with Crippen LogP contribution in [-0.2, 0) is 22.4 Å². The molecule has 1 aliphatic heterocycles. The first-order chi connectivity index (χ1) is 14.0. The molecule has 1 amide bonds. The summed E-state index contributed by atoms with van der Waals surface area (Å²) in [6.07, 6.45) is 2.02. The Morgan fingerprint density at radius 1 is 1.31 bits per heavy atom. The van der Waals surface area contributed by atoms with Gasteiger partial charge in [0.05, 0.1) is 6.10 Å². The molecule has 0 radical (unpaired) electrons. The molecule has 8 nitrogen and oxygen atoms in total. The third kappa shape index (κ3) is 5.42. The Morgan fingerprint density at radius 2 is 2.07 bits per heavy atom. The number of aryl methyl sites for hydroxylation is 2. The maximum absolute atomic E-state index is 12.1. The second kappa shape index (κ2) is 9.67. The van der Waals surface area contributed by atoms with Crippen molar-refractivity contribution in [3.63, 3.8) is 0 Å². The summed E-state index contributed by atoms with van der Waals surface area (Å²) in [7, 11) is 0. The van der Waals surface area contributed by atoms with E-state index in [0.717, 1.165) is 12.8 Å². The molecule has 0 saturated carbocycles. The Labute approximate surface area is 168 Å². The van der Waals surface area contributed by atoms with E-state index in [-0.39, 0.29) is 18.9 Å². The number of nitrogens with zero attached hydrogens (tertiary/aromatic N) is 1. The summed E-state index contributed by atoms with van der Waals surface area (Å²) in [5, 5.41) is 13.1. The molecule has 156 valence electrons. The molecule has 29 heavy (non-hydrogen) atoms. The molecule has 3 rings (SSSR count). The lowest BCUT2D eigenvalue weighted by Gasteiger charge is -2.17. The SMILES string of the molecule is CCc1cn([C@@H]2CC(O)[C@H](CNC(=O)CCCc3ccccc3)O2)c(=O)[nH]c1=O. The standard InChI is InChI=1S/C21H27N3O5/c1-2-15-13-24(21(28)23-20(15)27)19-11-16(25)17(29-19)12-22-18(26)10-6-9-14-7-4-3-5-8-14/h3-5,7-8,13,16-17,19,25H,2,6,9-12H2,1H3,(H,22,26)(H,23,27,28)/t16?,17-,19-/m0/s1. The minimum absolute atomic E-state index is 0.102. The van der Waals surface area contributed by atoms with Gasteiger partial charge in [-0.25, -0.2) is 4.79 Å². The van der Waals surface area contributed by atoms with Gasteiger partial charge in [0.2, 0.25) is 5.91 Å². The van der Waals surface area contributed by atoms with Crippen molar-refractivity contribution < 1.29 is 14.6 Å².